The smallest absolute Gasteiger partial charge is 0.286 e. The van der Waals surface area contributed by atoms with Crippen LogP contribution in [0, 0.1) is 5.82 Å². The number of benzene rings is 1. The Labute approximate surface area is 184 Å². The lowest BCUT2D eigenvalue weighted by atomic mass is 10.3. The van der Waals surface area contributed by atoms with Crippen molar-refractivity contribution in [3.8, 4) is 0 Å². The highest BCUT2D eigenvalue weighted by Crippen LogP contribution is 2.14. The van der Waals surface area contributed by atoms with Crippen LogP contribution in [0.1, 0.15) is 21.7 Å². The van der Waals surface area contributed by atoms with Crippen molar-refractivity contribution in [3.05, 3.63) is 40.1 Å². The number of nitrogens with one attached hydrogen (secondary N) is 2. The lowest BCUT2D eigenvalue weighted by Crippen LogP contribution is -2.48. The van der Waals surface area contributed by atoms with E-state index in [2.05, 4.69) is 37.6 Å². The molecule has 2 amide bonds. The quantitative estimate of drug-likeness (QED) is 0.561. The molecule has 1 aliphatic rings. The lowest BCUT2D eigenvalue weighted by Gasteiger charge is -2.33. The summed E-state index contributed by atoms with van der Waals surface area (Å²) in [5, 5.41) is 13.9. The molecule has 0 bridgehead atoms. The first-order chi connectivity index (χ1) is 15.0. The van der Waals surface area contributed by atoms with Gasteiger partial charge < -0.3 is 20.3 Å². The maximum atomic E-state index is 12.9. The molecule has 2 N–H and O–H groups in total. The number of halogens is 1. The van der Waals surface area contributed by atoms with Gasteiger partial charge in [-0.15, -0.1) is 10.2 Å². The van der Waals surface area contributed by atoms with Gasteiger partial charge in [-0.1, -0.05) is 18.3 Å². The van der Waals surface area contributed by atoms with Crippen LogP contribution >= 0.6 is 11.3 Å². The molecule has 0 saturated carbocycles. The number of nitrogens with zero attached hydrogens (tertiary/aromatic N) is 4. The number of aromatic nitrogens is 2. The number of rotatable bonds is 10. The molecule has 0 unspecified atom stereocenters. The first-order valence-corrected chi connectivity index (χ1v) is 11.0. The fourth-order valence-corrected chi connectivity index (χ4v) is 3.76. The SMILES string of the molecule is CCN1CCN(CCNC(=O)COCc2nnc(C(=O)Nc3ccc(F)cc3)s2)CC1. The fraction of sp³-hybridized carbons (Fsp3) is 0.500. The molecule has 11 heteroatoms. The molecule has 1 saturated heterocycles. The molecule has 2 aromatic rings. The number of amides is 2. The Bertz CT molecular complexity index is 855. The first kappa shape index (κ1) is 23.2. The highest BCUT2D eigenvalue weighted by atomic mass is 32.1. The summed E-state index contributed by atoms with van der Waals surface area (Å²) < 4.78 is 18.3. The average molecular weight is 451 g/mol. The largest absolute Gasteiger partial charge is 0.364 e. The zero-order chi connectivity index (χ0) is 22.1. The summed E-state index contributed by atoms with van der Waals surface area (Å²) in [6.45, 7) is 8.85. The van der Waals surface area contributed by atoms with Gasteiger partial charge in [0.2, 0.25) is 10.9 Å². The van der Waals surface area contributed by atoms with Crippen LogP contribution in [0.2, 0.25) is 0 Å². The molecule has 1 aromatic carbocycles. The van der Waals surface area contributed by atoms with Crippen LogP contribution in [0.15, 0.2) is 24.3 Å². The Morgan fingerprint density at radius 2 is 1.84 bits per heavy atom. The van der Waals surface area contributed by atoms with Crippen LogP contribution in [0.3, 0.4) is 0 Å². The van der Waals surface area contributed by atoms with E-state index in [4.69, 9.17) is 4.74 Å². The number of likely N-dealkylation sites (N-methyl/N-ethyl adjacent to an activating group) is 1. The van der Waals surface area contributed by atoms with Crippen molar-refractivity contribution in [1.29, 1.82) is 0 Å². The van der Waals surface area contributed by atoms with E-state index in [0.717, 1.165) is 50.6 Å². The molecule has 0 spiro atoms. The van der Waals surface area contributed by atoms with Gasteiger partial charge in [-0.25, -0.2) is 4.39 Å². The van der Waals surface area contributed by atoms with Crippen molar-refractivity contribution in [2.75, 3.05) is 57.7 Å². The van der Waals surface area contributed by atoms with Gasteiger partial charge in [0.1, 0.15) is 24.0 Å². The number of hydrogen-bond donors (Lipinski definition) is 2. The van der Waals surface area contributed by atoms with Crippen LogP contribution in [-0.2, 0) is 16.1 Å². The predicted octanol–water partition coefficient (Wildman–Crippen LogP) is 1.20. The molecule has 0 atom stereocenters. The number of carbonyl (C=O) groups excluding carboxylic acids is 2. The highest BCUT2D eigenvalue weighted by molar-refractivity contribution is 7.13. The second kappa shape index (κ2) is 11.8. The molecule has 31 heavy (non-hydrogen) atoms. The van der Waals surface area contributed by atoms with Crippen molar-refractivity contribution in [3.63, 3.8) is 0 Å². The van der Waals surface area contributed by atoms with Gasteiger partial charge in [-0.3, -0.25) is 14.5 Å². The summed E-state index contributed by atoms with van der Waals surface area (Å²) in [5.74, 6) is -1.01. The summed E-state index contributed by atoms with van der Waals surface area (Å²) >= 11 is 1.08. The summed E-state index contributed by atoms with van der Waals surface area (Å²) in [4.78, 5) is 28.8. The predicted molar refractivity (Wildman–Crippen MR) is 115 cm³/mol. The number of ether oxygens (including phenoxy) is 1. The standard InChI is InChI=1S/C20H27FN6O3S/c1-2-26-9-11-27(12-10-26)8-7-22-17(28)13-30-14-18-24-25-20(31-18)19(29)23-16-5-3-15(21)4-6-16/h3-6H,2,7-14H2,1H3,(H,22,28)(H,23,29). The molecule has 0 radical (unpaired) electrons. The van der Waals surface area contributed by atoms with Crippen LogP contribution in [-0.4, -0.2) is 84.2 Å². The van der Waals surface area contributed by atoms with Gasteiger partial charge in [0.05, 0.1) is 0 Å². The molecule has 3 rings (SSSR count). The van der Waals surface area contributed by atoms with Gasteiger partial charge in [0, 0.05) is 45.0 Å². The molecular weight excluding hydrogens is 423 g/mol. The Hall–Kier alpha value is -2.47. The second-order valence-corrected chi connectivity index (χ2v) is 8.14. The van der Waals surface area contributed by atoms with Gasteiger partial charge >= 0.3 is 0 Å². The summed E-state index contributed by atoms with van der Waals surface area (Å²) in [5.41, 5.74) is 0.461. The molecular formula is C20H27FN6O3S. The Morgan fingerprint density at radius 1 is 1.13 bits per heavy atom. The normalized spacial score (nSPS) is 15.0. The van der Waals surface area contributed by atoms with E-state index in [1.165, 1.54) is 24.3 Å². The van der Waals surface area contributed by atoms with Gasteiger partial charge in [0.15, 0.2) is 0 Å². The lowest BCUT2D eigenvalue weighted by molar-refractivity contribution is -0.126. The van der Waals surface area contributed by atoms with Crippen molar-refractivity contribution in [2.24, 2.45) is 0 Å². The average Bonchev–Trinajstić information content (AvgIpc) is 3.25. The molecule has 1 fully saturated rings. The van der Waals surface area contributed by atoms with Crippen LogP contribution < -0.4 is 10.6 Å². The highest BCUT2D eigenvalue weighted by Gasteiger charge is 2.16. The zero-order valence-electron chi connectivity index (χ0n) is 17.5. The van der Waals surface area contributed by atoms with E-state index in [1.807, 2.05) is 0 Å². The summed E-state index contributed by atoms with van der Waals surface area (Å²) in [6, 6.07) is 5.43. The molecule has 168 valence electrons. The van der Waals surface area contributed by atoms with Gasteiger partial charge in [0.25, 0.3) is 5.91 Å². The second-order valence-electron chi connectivity index (χ2n) is 7.08. The number of anilines is 1. The molecule has 0 aliphatic carbocycles. The zero-order valence-corrected chi connectivity index (χ0v) is 18.3. The van der Waals surface area contributed by atoms with Gasteiger partial charge in [-0.05, 0) is 30.8 Å². The molecule has 1 aromatic heterocycles. The molecule has 2 heterocycles. The van der Waals surface area contributed by atoms with Crippen molar-refractivity contribution in [1.82, 2.24) is 25.3 Å². The van der Waals surface area contributed by atoms with Crippen LogP contribution in [0.5, 0.6) is 0 Å². The molecule has 9 nitrogen and oxygen atoms in total. The van der Waals surface area contributed by atoms with E-state index in [1.54, 1.807) is 0 Å². The maximum absolute atomic E-state index is 12.9. The first-order valence-electron chi connectivity index (χ1n) is 10.2. The topological polar surface area (TPSA) is 99.7 Å². The fourth-order valence-electron chi connectivity index (χ4n) is 3.09. The van der Waals surface area contributed by atoms with E-state index < -0.39 is 5.91 Å². The van der Waals surface area contributed by atoms with E-state index in [9.17, 15) is 14.0 Å². The van der Waals surface area contributed by atoms with Crippen LogP contribution in [0.4, 0.5) is 10.1 Å². The Morgan fingerprint density at radius 3 is 2.55 bits per heavy atom. The Kier molecular flexibility index (Phi) is 8.83. The third-order valence-electron chi connectivity index (χ3n) is 4.88. The minimum Gasteiger partial charge on any atom is -0.364 e. The minimum absolute atomic E-state index is 0.0830. The monoisotopic (exact) mass is 450 g/mol. The van der Waals surface area contributed by atoms with Crippen molar-refractivity contribution >= 4 is 28.8 Å². The maximum Gasteiger partial charge on any atom is 0.286 e. The van der Waals surface area contributed by atoms with E-state index in [0.29, 0.717) is 17.2 Å². The number of piperazine rings is 1. The van der Waals surface area contributed by atoms with E-state index in [-0.39, 0.29) is 29.9 Å². The van der Waals surface area contributed by atoms with Crippen LogP contribution in [0.25, 0.3) is 0 Å². The minimum atomic E-state index is -0.437. The number of carbonyl (C=O) groups is 2. The van der Waals surface area contributed by atoms with E-state index >= 15 is 0 Å². The third kappa shape index (κ3) is 7.62. The number of hydrogen-bond acceptors (Lipinski definition) is 8. The van der Waals surface area contributed by atoms with Crippen molar-refractivity contribution < 1.29 is 18.7 Å². The third-order valence-corrected chi connectivity index (χ3v) is 5.78. The Balaban J connectivity index is 1.31. The summed E-state index contributed by atoms with van der Waals surface area (Å²) in [7, 11) is 0. The molecule has 1 aliphatic heterocycles. The van der Waals surface area contributed by atoms with Crippen molar-refractivity contribution in [2.45, 2.75) is 13.5 Å². The van der Waals surface area contributed by atoms with Gasteiger partial charge in [-0.2, -0.15) is 0 Å². The summed E-state index contributed by atoms with van der Waals surface area (Å²) in [6.07, 6.45) is 0.